The van der Waals surface area contributed by atoms with E-state index in [0.717, 1.165) is 32.4 Å². The summed E-state index contributed by atoms with van der Waals surface area (Å²) in [4.78, 5) is 0. The number of ether oxygens (including phenoxy) is 1. The second kappa shape index (κ2) is 5.87. The van der Waals surface area contributed by atoms with Crippen LogP contribution in [-0.2, 0) is 20.3 Å². The van der Waals surface area contributed by atoms with Gasteiger partial charge in [-0.05, 0) is 29.8 Å². The summed E-state index contributed by atoms with van der Waals surface area (Å²) < 4.78 is 8.53. The van der Waals surface area contributed by atoms with Crippen LogP contribution in [0.15, 0.2) is 46.9 Å². The minimum atomic E-state index is -0.0235. The summed E-state index contributed by atoms with van der Waals surface area (Å²) in [6, 6.07) is 13.6. The Hall–Kier alpha value is -1.85. The zero-order valence-corrected chi connectivity index (χ0v) is 13.2. The van der Waals surface area contributed by atoms with Crippen molar-refractivity contribution < 1.29 is 9.84 Å². The Morgan fingerprint density at radius 1 is 1.24 bits per heavy atom. The lowest BCUT2D eigenvalue weighted by atomic mass is 10.2. The van der Waals surface area contributed by atoms with E-state index in [9.17, 15) is 5.11 Å². The highest BCUT2D eigenvalue weighted by molar-refractivity contribution is 9.10. The third-order valence-corrected chi connectivity index (χ3v) is 4.17. The molecule has 0 saturated carbocycles. The van der Waals surface area contributed by atoms with E-state index in [-0.39, 0.29) is 6.61 Å². The second-order valence-electron chi connectivity index (χ2n) is 4.79. The lowest BCUT2D eigenvalue weighted by Crippen LogP contribution is -1.99. The maximum atomic E-state index is 9.27. The van der Waals surface area contributed by atoms with Crippen molar-refractivity contribution in [2.75, 3.05) is 0 Å². The molecule has 0 aliphatic carbocycles. The first-order valence-electron chi connectivity index (χ1n) is 6.61. The second-order valence-corrected chi connectivity index (χ2v) is 5.64. The van der Waals surface area contributed by atoms with Crippen molar-refractivity contribution in [3.05, 3.63) is 58.2 Å². The fourth-order valence-corrected chi connectivity index (χ4v) is 2.68. The highest BCUT2D eigenvalue weighted by Gasteiger charge is 2.09. The number of halogens is 1. The van der Waals surface area contributed by atoms with E-state index >= 15 is 0 Å². The van der Waals surface area contributed by atoms with Crippen LogP contribution in [0.1, 0.15) is 11.3 Å². The predicted molar refractivity (Wildman–Crippen MR) is 85.1 cm³/mol. The minimum Gasteiger partial charge on any atom is -0.487 e. The third-order valence-electron chi connectivity index (χ3n) is 3.40. The fourth-order valence-electron chi connectivity index (χ4n) is 2.31. The molecule has 108 valence electrons. The van der Waals surface area contributed by atoms with Gasteiger partial charge in [0.1, 0.15) is 18.1 Å². The summed E-state index contributed by atoms with van der Waals surface area (Å²) in [6.07, 6.45) is 0. The largest absolute Gasteiger partial charge is 0.487 e. The first-order chi connectivity index (χ1) is 10.2. The highest BCUT2D eigenvalue weighted by Crippen LogP contribution is 2.24. The van der Waals surface area contributed by atoms with Crippen molar-refractivity contribution in [3.63, 3.8) is 0 Å². The average Bonchev–Trinajstić information content (AvgIpc) is 2.83. The number of para-hydroxylation sites is 1. The molecule has 0 amide bonds. The van der Waals surface area contributed by atoms with Crippen LogP contribution in [0.5, 0.6) is 5.75 Å². The normalized spacial score (nSPS) is 11.0. The van der Waals surface area contributed by atoms with E-state index in [4.69, 9.17) is 4.74 Å². The van der Waals surface area contributed by atoms with Gasteiger partial charge in [-0.1, -0.05) is 34.1 Å². The van der Waals surface area contributed by atoms with Gasteiger partial charge in [-0.2, -0.15) is 5.10 Å². The number of aliphatic hydroxyl groups excluding tert-OH is 1. The van der Waals surface area contributed by atoms with E-state index < -0.39 is 0 Å². The number of fused-ring (bicyclic) bond motifs is 1. The van der Waals surface area contributed by atoms with Crippen LogP contribution < -0.4 is 4.74 Å². The zero-order chi connectivity index (χ0) is 14.8. The number of aromatic nitrogens is 2. The Morgan fingerprint density at radius 2 is 2.05 bits per heavy atom. The van der Waals surface area contributed by atoms with Crippen molar-refractivity contribution in [1.82, 2.24) is 9.78 Å². The Morgan fingerprint density at radius 3 is 2.86 bits per heavy atom. The van der Waals surface area contributed by atoms with Crippen molar-refractivity contribution in [2.24, 2.45) is 7.05 Å². The quantitative estimate of drug-likeness (QED) is 0.787. The summed E-state index contributed by atoms with van der Waals surface area (Å²) in [5.74, 6) is 0.719. The van der Waals surface area contributed by atoms with Gasteiger partial charge in [0.25, 0.3) is 0 Å². The lowest BCUT2D eigenvalue weighted by molar-refractivity contribution is 0.276. The number of hydrogen-bond acceptors (Lipinski definition) is 3. The Bertz CT molecular complexity index is 783. The highest BCUT2D eigenvalue weighted by atomic mass is 79.9. The summed E-state index contributed by atoms with van der Waals surface area (Å²) in [7, 11) is 1.93. The molecule has 0 unspecified atom stereocenters. The number of aliphatic hydroxyl groups is 1. The molecule has 21 heavy (non-hydrogen) atoms. The molecule has 0 saturated heterocycles. The fraction of sp³-hybridized carbons (Fsp3) is 0.188. The number of rotatable bonds is 4. The molecule has 0 spiro atoms. The Labute approximate surface area is 131 Å². The standard InChI is InChI=1S/C16H15BrN2O2/c1-19-16-5-3-2-4-13(16)15(18-19)10-21-12-6-7-14(17)11(8-12)9-20/h2-8,20H,9-10H2,1H3. The molecule has 1 N–H and O–H groups in total. The van der Waals surface area contributed by atoms with Gasteiger partial charge in [-0.25, -0.2) is 0 Å². The number of aryl methyl sites for hydroxylation is 1. The van der Waals surface area contributed by atoms with Crippen molar-refractivity contribution >= 4 is 26.8 Å². The molecule has 3 aromatic rings. The molecular formula is C16H15BrN2O2. The van der Waals surface area contributed by atoms with Crippen LogP contribution in [0.2, 0.25) is 0 Å². The summed E-state index contributed by atoms with van der Waals surface area (Å²) >= 11 is 3.39. The third kappa shape index (κ3) is 2.80. The maximum Gasteiger partial charge on any atom is 0.133 e. The molecule has 1 aromatic heterocycles. The molecule has 0 bridgehead atoms. The smallest absolute Gasteiger partial charge is 0.133 e. The average molecular weight is 347 g/mol. The molecule has 4 nitrogen and oxygen atoms in total. The molecule has 2 aromatic carbocycles. The summed E-state index contributed by atoms with van der Waals surface area (Å²) in [6.45, 7) is 0.373. The van der Waals surface area contributed by atoms with Gasteiger partial charge in [0.2, 0.25) is 0 Å². The maximum absolute atomic E-state index is 9.27. The molecule has 0 aliphatic rings. The van der Waals surface area contributed by atoms with Gasteiger partial charge in [0.05, 0.1) is 12.1 Å². The van der Waals surface area contributed by atoms with Gasteiger partial charge in [-0.3, -0.25) is 4.68 Å². The van der Waals surface area contributed by atoms with Gasteiger partial charge in [0.15, 0.2) is 0 Å². The van der Waals surface area contributed by atoms with Crippen molar-refractivity contribution in [1.29, 1.82) is 0 Å². The zero-order valence-electron chi connectivity index (χ0n) is 11.6. The van der Waals surface area contributed by atoms with Crippen LogP contribution in [0, 0.1) is 0 Å². The van der Waals surface area contributed by atoms with E-state index in [1.807, 2.05) is 54.2 Å². The number of benzene rings is 2. The molecule has 5 heteroatoms. The lowest BCUT2D eigenvalue weighted by Gasteiger charge is -2.07. The minimum absolute atomic E-state index is 0.0235. The van der Waals surface area contributed by atoms with E-state index in [2.05, 4.69) is 21.0 Å². The molecule has 3 rings (SSSR count). The van der Waals surface area contributed by atoms with E-state index in [0.29, 0.717) is 6.61 Å². The van der Waals surface area contributed by atoms with Crippen LogP contribution in [-0.4, -0.2) is 14.9 Å². The number of nitrogens with zero attached hydrogens (tertiary/aromatic N) is 2. The van der Waals surface area contributed by atoms with E-state index in [1.165, 1.54) is 0 Å². The molecule has 0 aliphatic heterocycles. The molecule has 0 radical (unpaired) electrons. The Kier molecular flexibility index (Phi) is 3.94. The van der Waals surface area contributed by atoms with Gasteiger partial charge < -0.3 is 9.84 Å². The van der Waals surface area contributed by atoms with Gasteiger partial charge in [0, 0.05) is 16.9 Å². The summed E-state index contributed by atoms with van der Waals surface area (Å²) in [5.41, 5.74) is 2.79. The van der Waals surface area contributed by atoms with E-state index in [1.54, 1.807) is 0 Å². The topological polar surface area (TPSA) is 47.3 Å². The SMILES string of the molecule is Cn1nc(COc2ccc(Br)c(CO)c2)c2ccccc21. The Balaban J connectivity index is 1.83. The molecule has 1 heterocycles. The van der Waals surface area contributed by atoms with Crippen molar-refractivity contribution in [2.45, 2.75) is 13.2 Å². The molecule has 0 fully saturated rings. The van der Waals surface area contributed by atoms with Crippen molar-refractivity contribution in [3.8, 4) is 5.75 Å². The summed E-state index contributed by atoms with van der Waals surface area (Å²) in [5, 5.41) is 14.9. The number of hydrogen-bond donors (Lipinski definition) is 1. The van der Waals surface area contributed by atoms with Crippen LogP contribution >= 0.6 is 15.9 Å². The first-order valence-corrected chi connectivity index (χ1v) is 7.41. The molecule has 0 atom stereocenters. The predicted octanol–water partition coefficient (Wildman–Crippen LogP) is 3.41. The van der Waals surface area contributed by atoms with Crippen LogP contribution in [0.4, 0.5) is 0 Å². The first kappa shape index (κ1) is 14.1. The van der Waals surface area contributed by atoms with Crippen LogP contribution in [0.3, 0.4) is 0 Å². The van der Waals surface area contributed by atoms with Gasteiger partial charge in [-0.15, -0.1) is 0 Å². The van der Waals surface area contributed by atoms with Gasteiger partial charge >= 0.3 is 0 Å². The molecular weight excluding hydrogens is 332 g/mol. The monoisotopic (exact) mass is 346 g/mol. The van der Waals surface area contributed by atoms with Crippen LogP contribution in [0.25, 0.3) is 10.9 Å².